The predicted molar refractivity (Wildman–Crippen MR) is 153 cm³/mol. The Morgan fingerprint density at radius 1 is 0.974 bits per heavy atom. The fourth-order valence-corrected chi connectivity index (χ4v) is 5.82. The van der Waals surface area contributed by atoms with E-state index in [1.54, 1.807) is 31.2 Å². The fraction of sp³-hybridized carbons (Fsp3) is 0.286. The average molecular weight is 619 g/mol. The number of ether oxygens (including phenoxy) is 2. The van der Waals surface area contributed by atoms with Gasteiger partial charge in [-0.3, -0.25) is 13.9 Å². The fourth-order valence-electron chi connectivity index (χ4n) is 3.97. The molecule has 0 aromatic heterocycles. The molecule has 0 radical (unpaired) electrons. The van der Waals surface area contributed by atoms with Crippen LogP contribution in [0, 0.1) is 6.92 Å². The quantitative estimate of drug-likeness (QED) is 0.347. The standard InChI is InChI=1S/C28H32BrN3O6S/c1-19-9-12-24(13-10-19)39(35,36)32(23-11-14-25(37-4)26(16-23)38-5)18-27(33)31(20(2)28(34)30-3)17-21-7-6-8-22(29)15-21/h6-16,20H,17-18H2,1-5H3,(H,30,34)/t20-/m1/s1. The van der Waals surface area contributed by atoms with Crippen molar-refractivity contribution in [2.24, 2.45) is 0 Å². The number of carbonyl (C=O) groups is 2. The molecule has 0 heterocycles. The summed E-state index contributed by atoms with van der Waals surface area (Å²) in [5.74, 6) is -0.227. The van der Waals surface area contributed by atoms with Gasteiger partial charge in [-0.05, 0) is 55.8 Å². The van der Waals surface area contributed by atoms with Crippen LogP contribution in [0.4, 0.5) is 5.69 Å². The van der Waals surface area contributed by atoms with Crippen LogP contribution in [0.1, 0.15) is 18.1 Å². The van der Waals surface area contributed by atoms with Gasteiger partial charge < -0.3 is 19.7 Å². The third kappa shape index (κ3) is 7.10. The summed E-state index contributed by atoms with van der Waals surface area (Å²) in [6.45, 7) is 2.99. The first-order valence-electron chi connectivity index (χ1n) is 12.1. The lowest BCUT2D eigenvalue weighted by atomic mass is 10.1. The van der Waals surface area contributed by atoms with E-state index in [2.05, 4.69) is 21.2 Å². The van der Waals surface area contributed by atoms with Gasteiger partial charge in [-0.1, -0.05) is 45.8 Å². The van der Waals surface area contributed by atoms with Gasteiger partial charge in [-0.2, -0.15) is 0 Å². The molecule has 1 N–H and O–H groups in total. The summed E-state index contributed by atoms with van der Waals surface area (Å²) in [5.41, 5.74) is 1.87. The van der Waals surface area contributed by atoms with Crippen LogP contribution in [-0.4, -0.2) is 59.0 Å². The number of nitrogens with zero attached hydrogens (tertiary/aromatic N) is 2. The van der Waals surface area contributed by atoms with Crippen molar-refractivity contribution in [2.75, 3.05) is 32.1 Å². The molecule has 0 aliphatic carbocycles. The Morgan fingerprint density at radius 3 is 2.23 bits per heavy atom. The van der Waals surface area contributed by atoms with Crippen molar-refractivity contribution in [1.29, 1.82) is 0 Å². The van der Waals surface area contributed by atoms with Crippen LogP contribution in [0.25, 0.3) is 0 Å². The Labute approximate surface area is 237 Å². The number of halogens is 1. The van der Waals surface area contributed by atoms with Crippen molar-refractivity contribution >= 4 is 43.5 Å². The van der Waals surface area contributed by atoms with Crippen LogP contribution in [-0.2, 0) is 26.2 Å². The molecule has 208 valence electrons. The molecule has 2 amide bonds. The SMILES string of the molecule is CNC(=O)[C@@H](C)N(Cc1cccc(Br)c1)C(=O)CN(c1ccc(OC)c(OC)c1)S(=O)(=O)c1ccc(C)cc1. The highest BCUT2D eigenvalue weighted by atomic mass is 79.9. The largest absolute Gasteiger partial charge is 0.493 e. The minimum atomic E-state index is -4.19. The predicted octanol–water partition coefficient (Wildman–Crippen LogP) is 4.13. The summed E-state index contributed by atoms with van der Waals surface area (Å²) >= 11 is 3.43. The number of benzene rings is 3. The number of hydrogen-bond acceptors (Lipinski definition) is 6. The van der Waals surface area contributed by atoms with E-state index in [0.717, 1.165) is 19.9 Å². The topological polar surface area (TPSA) is 105 Å². The van der Waals surface area contributed by atoms with Gasteiger partial charge in [-0.25, -0.2) is 8.42 Å². The second-order valence-electron chi connectivity index (χ2n) is 8.81. The zero-order valence-electron chi connectivity index (χ0n) is 22.5. The third-order valence-corrected chi connectivity index (χ3v) is 8.48. The molecule has 39 heavy (non-hydrogen) atoms. The lowest BCUT2D eigenvalue weighted by Gasteiger charge is -2.32. The molecule has 0 saturated carbocycles. The smallest absolute Gasteiger partial charge is 0.264 e. The van der Waals surface area contributed by atoms with E-state index < -0.39 is 28.5 Å². The zero-order valence-corrected chi connectivity index (χ0v) is 24.9. The van der Waals surface area contributed by atoms with Crippen LogP contribution >= 0.6 is 15.9 Å². The Balaban J connectivity index is 2.09. The maximum absolute atomic E-state index is 13.9. The number of sulfonamides is 1. The summed E-state index contributed by atoms with van der Waals surface area (Å²) in [6.07, 6.45) is 0. The monoisotopic (exact) mass is 617 g/mol. The van der Waals surface area contributed by atoms with Gasteiger partial charge in [0.05, 0.1) is 24.8 Å². The zero-order chi connectivity index (χ0) is 28.7. The number of amides is 2. The number of hydrogen-bond donors (Lipinski definition) is 1. The first kappa shape index (κ1) is 30.0. The Morgan fingerprint density at radius 2 is 1.64 bits per heavy atom. The van der Waals surface area contributed by atoms with E-state index >= 15 is 0 Å². The molecule has 0 aliphatic heterocycles. The molecule has 1 atom stereocenters. The van der Waals surface area contributed by atoms with Gasteiger partial charge in [0.25, 0.3) is 10.0 Å². The molecule has 3 rings (SSSR count). The van der Waals surface area contributed by atoms with E-state index in [4.69, 9.17) is 9.47 Å². The number of carbonyl (C=O) groups excluding carboxylic acids is 2. The second-order valence-corrected chi connectivity index (χ2v) is 11.6. The van der Waals surface area contributed by atoms with Crippen LogP contribution in [0.3, 0.4) is 0 Å². The second kappa shape index (κ2) is 13.0. The Bertz CT molecular complexity index is 1430. The Hall–Kier alpha value is -3.57. The molecule has 0 spiro atoms. The summed E-state index contributed by atoms with van der Waals surface area (Å²) in [7, 11) is 0.206. The summed E-state index contributed by atoms with van der Waals surface area (Å²) in [5, 5.41) is 2.57. The van der Waals surface area contributed by atoms with E-state index in [-0.39, 0.29) is 23.0 Å². The van der Waals surface area contributed by atoms with Crippen molar-refractivity contribution in [3.05, 3.63) is 82.3 Å². The highest BCUT2D eigenvalue weighted by Crippen LogP contribution is 2.34. The molecule has 0 bridgehead atoms. The highest BCUT2D eigenvalue weighted by molar-refractivity contribution is 9.10. The third-order valence-electron chi connectivity index (χ3n) is 6.20. The van der Waals surface area contributed by atoms with E-state index in [1.807, 2.05) is 31.2 Å². The Kier molecular flexibility index (Phi) is 9.98. The van der Waals surface area contributed by atoms with Crippen LogP contribution in [0.2, 0.25) is 0 Å². The van der Waals surface area contributed by atoms with Crippen LogP contribution in [0.15, 0.2) is 76.1 Å². The maximum atomic E-state index is 13.9. The number of methoxy groups -OCH3 is 2. The number of anilines is 1. The summed E-state index contributed by atoms with van der Waals surface area (Å²) in [6, 6.07) is 17.5. The molecule has 9 nitrogen and oxygen atoms in total. The molecular weight excluding hydrogens is 586 g/mol. The van der Waals surface area contributed by atoms with Gasteiger partial charge in [0, 0.05) is 24.1 Å². The van der Waals surface area contributed by atoms with Crippen molar-refractivity contribution < 1.29 is 27.5 Å². The molecule has 0 aliphatic rings. The molecular formula is C28H32BrN3O6S. The minimum Gasteiger partial charge on any atom is -0.493 e. The van der Waals surface area contributed by atoms with Gasteiger partial charge in [0.2, 0.25) is 11.8 Å². The molecule has 0 unspecified atom stereocenters. The average Bonchev–Trinajstić information content (AvgIpc) is 2.93. The van der Waals surface area contributed by atoms with Crippen molar-refractivity contribution in [1.82, 2.24) is 10.2 Å². The number of nitrogens with one attached hydrogen (secondary N) is 1. The van der Waals surface area contributed by atoms with E-state index in [0.29, 0.717) is 11.5 Å². The van der Waals surface area contributed by atoms with Crippen molar-refractivity contribution in [3.8, 4) is 11.5 Å². The lowest BCUT2D eigenvalue weighted by molar-refractivity contribution is -0.139. The molecule has 3 aromatic carbocycles. The first-order valence-corrected chi connectivity index (χ1v) is 14.3. The van der Waals surface area contributed by atoms with Crippen molar-refractivity contribution in [3.63, 3.8) is 0 Å². The molecule has 11 heteroatoms. The highest BCUT2D eigenvalue weighted by Gasteiger charge is 2.32. The molecule has 0 saturated heterocycles. The van der Waals surface area contributed by atoms with Gasteiger partial charge in [0.15, 0.2) is 11.5 Å². The lowest BCUT2D eigenvalue weighted by Crippen LogP contribution is -2.50. The van der Waals surface area contributed by atoms with Crippen LogP contribution in [0.5, 0.6) is 11.5 Å². The normalized spacial score (nSPS) is 11.8. The van der Waals surface area contributed by atoms with Gasteiger partial charge in [-0.15, -0.1) is 0 Å². The minimum absolute atomic E-state index is 0.0218. The number of likely N-dealkylation sites (N-methyl/N-ethyl adjacent to an activating group) is 1. The first-order chi connectivity index (χ1) is 18.5. The molecule has 3 aromatic rings. The van der Waals surface area contributed by atoms with E-state index in [1.165, 1.54) is 44.4 Å². The van der Waals surface area contributed by atoms with E-state index in [9.17, 15) is 18.0 Å². The van der Waals surface area contributed by atoms with Crippen LogP contribution < -0.4 is 19.1 Å². The number of aryl methyl sites for hydroxylation is 1. The van der Waals surface area contributed by atoms with Gasteiger partial charge >= 0.3 is 0 Å². The number of rotatable bonds is 11. The maximum Gasteiger partial charge on any atom is 0.264 e. The summed E-state index contributed by atoms with van der Waals surface area (Å²) in [4.78, 5) is 27.8. The van der Waals surface area contributed by atoms with Crippen molar-refractivity contribution in [2.45, 2.75) is 31.3 Å². The molecule has 0 fully saturated rings. The van der Waals surface area contributed by atoms with Gasteiger partial charge in [0.1, 0.15) is 12.6 Å². The summed E-state index contributed by atoms with van der Waals surface area (Å²) < 4.78 is 40.4.